The Kier molecular flexibility index (Phi) is 4.18. The van der Waals surface area contributed by atoms with E-state index in [1.54, 1.807) is 19.1 Å². The van der Waals surface area contributed by atoms with Crippen molar-refractivity contribution in [3.05, 3.63) is 61.8 Å². The number of thiophene rings is 1. The first kappa shape index (κ1) is 14.3. The van der Waals surface area contributed by atoms with E-state index in [1.807, 2.05) is 17.5 Å². The van der Waals surface area contributed by atoms with Gasteiger partial charge in [-0.1, -0.05) is 17.7 Å². The molecule has 4 nitrogen and oxygen atoms in total. The van der Waals surface area contributed by atoms with E-state index in [0.717, 1.165) is 4.88 Å². The first-order valence-electron chi connectivity index (χ1n) is 5.63. The molecule has 1 heterocycles. The maximum Gasteiger partial charge on any atom is 0.272 e. The van der Waals surface area contributed by atoms with Gasteiger partial charge in [-0.3, -0.25) is 10.1 Å². The second-order valence-corrected chi connectivity index (χ2v) is 5.36. The van der Waals surface area contributed by atoms with Crippen molar-refractivity contribution in [2.24, 2.45) is 0 Å². The van der Waals surface area contributed by atoms with Crippen molar-refractivity contribution in [3.8, 4) is 6.07 Å². The van der Waals surface area contributed by atoms with Gasteiger partial charge in [0.2, 0.25) is 0 Å². The maximum absolute atomic E-state index is 10.8. The Bertz CT molecular complexity index is 730. The molecule has 0 saturated carbocycles. The standard InChI is InChI=1S/C14H9ClN2O2S/c1-9-7-10(4-5-12(9)17(18)19)14(15)11(8-16)13-3-2-6-20-13/h2-7H,1H3. The fourth-order valence-electron chi connectivity index (χ4n) is 1.77. The molecule has 2 aromatic rings. The van der Waals surface area contributed by atoms with Gasteiger partial charge in [-0.25, -0.2) is 0 Å². The number of allylic oxidation sites excluding steroid dienone is 1. The number of aryl methyl sites for hydroxylation is 1. The number of nitriles is 1. The highest BCUT2D eigenvalue weighted by atomic mass is 35.5. The third kappa shape index (κ3) is 2.72. The average Bonchev–Trinajstić information content (AvgIpc) is 2.92. The number of halogens is 1. The number of benzene rings is 1. The lowest BCUT2D eigenvalue weighted by Crippen LogP contribution is -1.93. The normalized spacial score (nSPS) is 11.7. The van der Waals surface area contributed by atoms with Crippen LogP contribution in [0.3, 0.4) is 0 Å². The topological polar surface area (TPSA) is 66.9 Å². The van der Waals surface area contributed by atoms with Crippen LogP contribution in [0, 0.1) is 28.4 Å². The average molecular weight is 305 g/mol. The molecule has 0 bridgehead atoms. The van der Waals surface area contributed by atoms with Crippen LogP contribution in [-0.2, 0) is 0 Å². The number of rotatable bonds is 3. The Morgan fingerprint density at radius 1 is 1.45 bits per heavy atom. The summed E-state index contributed by atoms with van der Waals surface area (Å²) in [6.45, 7) is 1.64. The van der Waals surface area contributed by atoms with Gasteiger partial charge >= 0.3 is 0 Å². The van der Waals surface area contributed by atoms with Gasteiger partial charge in [-0.15, -0.1) is 11.3 Å². The van der Waals surface area contributed by atoms with Crippen LogP contribution in [0.1, 0.15) is 16.0 Å². The number of nitrogens with zero attached hydrogens (tertiary/aromatic N) is 2. The fourth-order valence-corrected chi connectivity index (χ4v) is 2.82. The van der Waals surface area contributed by atoms with Crippen LogP contribution < -0.4 is 0 Å². The molecule has 0 unspecified atom stereocenters. The first-order chi connectivity index (χ1) is 9.54. The quantitative estimate of drug-likeness (QED) is 0.473. The van der Waals surface area contributed by atoms with Crippen molar-refractivity contribution in [2.45, 2.75) is 6.92 Å². The van der Waals surface area contributed by atoms with Gasteiger partial charge < -0.3 is 0 Å². The lowest BCUT2D eigenvalue weighted by molar-refractivity contribution is -0.385. The van der Waals surface area contributed by atoms with Crippen LogP contribution in [0.5, 0.6) is 0 Å². The van der Waals surface area contributed by atoms with Crippen molar-refractivity contribution in [1.29, 1.82) is 5.26 Å². The largest absolute Gasteiger partial charge is 0.272 e. The van der Waals surface area contributed by atoms with Gasteiger partial charge in [0, 0.05) is 16.5 Å². The highest BCUT2D eigenvalue weighted by Crippen LogP contribution is 2.33. The van der Waals surface area contributed by atoms with E-state index in [1.165, 1.54) is 17.4 Å². The lowest BCUT2D eigenvalue weighted by Gasteiger charge is -2.04. The third-order valence-corrected chi connectivity index (χ3v) is 4.04. The Balaban J connectivity index is 2.53. The van der Waals surface area contributed by atoms with E-state index in [0.29, 0.717) is 21.7 Å². The third-order valence-electron chi connectivity index (χ3n) is 2.75. The molecule has 0 fully saturated rings. The van der Waals surface area contributed by atoms with Gasteiger partial charge in [0.1, 0.15) is 6.07 Å². The minimum Gasteiger partial charge on any atom is -0.258 e. The van der Waals surface area contributed by atoms with Crippen molar-refractivity contribution in [1.82, 2.24) is 0 Å². The Morgan fingerprint density at radius 3 is 2.70 bits per heavy atom. The highest BCUT2D eigenvalue weighted by Gasteiger charge is 2.15. The summed E-state index contributed by atoms with van der Waals surface area (Å²) in [7, 11) is 0. The zero-order chi connectivity index (χ0) is 14.7. The summed E-state index contributed by atoms with van der Waals surface area (Å²) in [6.07, 6.45) is 0. The van der Waals surface area contributed by atoms with Crippen LogP contribution >= 0.6 is 22.9 Å². The lowest BCUT2D eigenvalue weighted by atomic mass is 10.1. The van der Waals surface area contributed by atoms with Crippen LogP contribution in [0.15, 0.2) is 35.7 Å². The Labute approximate surface area is 124 Å². The molecule has 0 amide bonds. The van der Waals surface area contributed by atoms with Gasteiger partial charge in [0.25, 0.3) is 5.69 Å². The molecule has 2 rings (SSSR count). The van der Waals surface area contributed by atoms with Crippen molar-refractivity contribution >= 4 is 39.2 Å². The zero-order valence-corrected chi connectivity index (χ0v) is 12.0. The smallest absolute Gasteiger partial charge is 0.258 e. The van der Waals surface area contributed by atoms with Crippen molar-refractivity contribution in [3.63, 3.8) is 0 Å². The zero-order valence-electron chi connectivity index (χ0n) is 10.5. The van der Waals surface area contributed by atoms with E-state index in [-0.39, 0.29) is 5.69 Å². The summed E-state index contributed by atoms with van der Waals surface area (Å²) in [5.74, 6) is 0. The summed E-state index contributed by atoms with van der Waals surface area (Å²) in [4.78, 5) is 11.1. The molecule has 0 radical (unpaired) electrons. The van der Waals surface area contributed by atoms with Gasteiger partial charge in [-0.2, -0.15) is 5.26 Å². The Hall–Kier alpha value is -2.16. The van der Waals surface area contributed by atoms with Crippen LogP contribution in [0.25, 0.3) is 10.6 Å². The van der Waals surface area contributed by atoms with E-state index < -0.39 is 4.92 Å². The van der Waals surface area contributed by atoms with Crippen LogP contribution in [0.4, 0.5) is 5.69 Å². The van der Waals surface area contributed by atoms with Crippen molar-refractivity contribution in [2.75, 3.05) is 0 Å². The van der Waals surface area contributed by atoms with E-state index in [4.69, 9.17) is 11.6 Å². The molecule has 100 valence electrons. The number of hydrogen-bond acceptors (Lipinski definition) is 4. The van der Waals surface area contributed by atoms with E-state index in [2.05, 4.69) is 6.07 Å². The SMILES string of the molecule is Cc1cc(C(Cl)=C(C#N)c2cccs2)ccc1[N+](=O)[O-]. The van der Waals surface area contributed by atoms with Gasteiger partial charge in [0.15, 0.2) is 0 Å². The van der Waals surface area contributed by atoms with Crippen LogP contribution in [0.2, 0.25) is 0 Å². The summed E-state index contributed by atoms with van der Waals surface area (Å²) in [6, 6.07) is 10.3. The second-order valence-electron chi connectivity index (χ2n) is 4.04. The monoisotopic (exact) mass is 304 g/mol. The molecular formula is C14H9ClN2O2S. The van der Waals surface area contributed by atoms with Crippen molar-refractivity contribution < 1.29 is 4.92 Å². The molecule has 0 N–H and O–H groups in total. The molecule has 0 saturated heterocycles. The molecule has 6 heteroatoms. The maximum atomic E-state index is 10.8. The predicted octanol–water partition coefficient (Wildman–Crippen LogP) is 4.60. The predicted molar refractivity (Wildman–Crippen MR) is 80.4 cm³/mol. The molecule has 0 aliphatic heterocycles. The number of nitro groups is 1. The molecule has 0 spiro atoms. The van der Waals surface area contributed by atoms with E-state index in [9.17, 15) is 15.4 Å². The van der Waals surface area contributed by atoms with E-state index >= 15 is 0 Å². The van der Waals surface area contributed by atoms with Crippen LogP contribution in [-0.4, -0.2) is 4.92 Å². The first-order valence-corrected chi connectivity index (χ1v) is 6.89. The molecule has 1 aromatic carbocycles. The minimum absolute atomic E-state index is 0.0350. The van der Waals surface area contributed by atoms with Gasteiger partial charge in [0.05, 0.1) is 15.5 Å². The summed E-state index contributed by atoms with van der Waals surface area (Å²) in [5.41, 5.74) is 1.51. The summed E-state index contributed by atoms with van der Waals surface area (Å²) < 4.78 is 0. The fraction of sp³-hybridized carbons (Fsp3) is 0.0714. The second kappa shape index (κ2) is 5.87. The number of hydrogen-bond donors (Lipinski definition) is 0. The molecule has 1 aromatic heterocycles. The molecular weight excluding hydrogens is 296 g/mol. The summed E-state index contributed by atoms with van der Waals surface area (Å²) in [5, 5.41) is 22.2. The number of nitro benzene ring substituents is 1. The Morgan fingerprint density at radius 2 is 2.20 bits per heavy atom. The van der Waals surface area contributed by atoms with Gasteiger partial charge in [-0.05, 0) is 36.1 Å². The minimum atomic E-state index is -0.443. The summed E-state index contributed by atoms with van der Waals surface area (Å²) >= 11 is 7.68. The molecule has 0 atom stereocenters. The molecule has 20 heavy (non-hydrogen) atoms. The highest BCUT2D eigenvalue weighted by molar-refractivity contribution is 7.11. The molecule has 0 aliphatic carbocycles. The molecule has 0 aliphatic rings.